The molecule has 2 aromatic heterocycles. The molecule has 0 aliphatic heterocycles. The minimum atomic E-state index is 0.704. The van der Waals surface area contributed by atoms with E-state index in [1.807, 2.05) is 60.7 Å². The molecule has 4 aromatic carbocycles. The van der Waals surface area contributed by atoms with Crippen LogP contribution < -0.4 is 0 Å². The van der Waals surface area contributed by atoms with E-state index in [0.29, 0.717) is 5.82 Å². The van der Waals surface area contributed by atoms with E-state index in [1.165, 1.54) is 0 Å². The van der Waals surface area contributed by atoms with E-state index in [0.717, 1.165) is 60.1 Å². The Morgan fingerprint density at radius 3 is 2.12 bits per heavy atom. The van der Waals surface area contributed by atoms with Crippen LogP contribution in [0.1, 0.15) is 5.56 Å². The van der Waals surface area contributed by atoms with Crippen molar-refractivity contribution in [3.05, 3.63) is 107 Å². The lowest BCUT2D eigenvalue weighted by atomic mass is 9.99. The van der Waals surface area contributed by atoms with Crippen molar-refractivity contribution in [2.75, 3.05) is 0 Å². The number of rotatable bonds is 3. The van der Waals surface area contributed by atoms with Crippen molar-refractivity contribution in [2.24, 2.45) is 0 Å². The van der Waals surface area contributed by atoms with Crippen molar-refractivity contribution in [2.45, 2.75) is 6.92 Å². The number of aryl methyl sites for hydroxylation is 1. The van der Waals surface area contributed by atoms with Crippen LogP contribution in [0.15, 0.2) is 106 Å². The fraction of sp³-hybridized carbons (Fsp3) is 0.0345. The average Bonchev–Trinajstić information content (AvgIpc) is 3.21. The summed E-state index contributed by atoms with van der Waals surface area (Å²) in [6.45, 7) is 2.09. The summed E-state index contributed by atoms with van der Waals surface area (Å²) >= 11 is 3.62. The molecule has 0 unspecified atom stereocenters. The van der Waals surface area contributed by atoms with Gasteiger partial charge in [0.1, 0.15) is 11.2 Å². The van der Waals surface area contributed by atoms with Crippen LogP contribution in [0.2, 0.25) is 0 Å². The lowest BCUT2D eigenvalue weighted by molar-refractivity contribution is 0.668. The Labute approximate surface area is 199 Å². The summed E-state index contributed by atoms with van der Waals surface area (Å²) in [4.78, 5) is 9.96. The number of nitrogens with zero attached hydrogens (tertiary/aromatic N) is 2. The van der Waals surface area contributed by atoms with E-state index >= 15 is 0 Å². The van der Waals surface area contributed by atoms with Crippen LogP contribution in [0.5, 0.6) is 0 Å². The molecule has 0 saturated heterocycles. The third kappa shape index (κ3) is 3.62. The predicted molar refractivity (Wildman–Crippen MR) is 138 cm³/mol. The van der Waals surface area contributed by atoms with Crippen LogP contribution in [0, 0.1) is 6.92 Å². The van der Waals surface area contributed by atoms with Gasteiger partial charge in [-0.15, -0.1) is 0 Å². The highest BCUT2D eigenvalue weighted by Crippen LogP contribution is 2.39. The van der Waals surface area contributed by atoms with Crippen LogP contribution >= 0.6 is 15.9 Å². The van der Waals surface area contributed by atoms with E-state index in [9.17, 15) is 0 Å². The van der Waals surface area contributed by atoms with Crippen LogP contribution in [0.4, 0.5) is 0 Å². The molecule has 0 bridgehead atoms. The van der Waals surface area contributed by atoms with Gasteiger partial charge in [-0.3, -0.25) is 0 Å². The molecule has 2 heterocycles. The Bertz CT molecular complexity index is 1560. The molecule has 4 heteroatoms. The van der Waals surface area contributed by atoms with Gasteiger partial charge in [-0.1, -0.05) is 76.6 Å². The molecule has 0 aliphatic rings. The van der Waals surface area contributed by atoms with Crippen molar-refractivity contribution in [1.82, 2.24) is 9.97 Å². The number of fused-ring (bicyclic) bond motifs is 3. The molecule has 6 rings (SSSR count). The molecule has 0 N–H and O–H groups in total. The third-order valence-electron chi connectivity index (χ3n) is 5.78. The molecule has 0 saturated carbocycles. The van der Waals surface area contributed by atoms with Crippen LogP contribution in [-0.4, -0.2) is 9.97 Å². The average molecular weight is 491 g/mol. The molecule has 158 valence electrons. The molecule has 0 spiro atoms. The Morgan fingerprint density at radius 1 is 0.667 bits per heavy atom. The molecule has 0 aliphatic carbocycles. The van der Waals surface area contributed by atoms with Gasteiger partial charge in [0.2, 0.25) is 0 Å². The van der Waals surface area contributed by atoms with Gasteiger partial charge in [0.25, 0.3) is 0 Å². The van der Waals surface area contributed by atoms with Gasteiger partial charge in [0, 0.05) is 31.9 Å². The Kier molecular flexibility index (Phi) is 4.81. The van der Waals surface area contributed by atoms with Crippen molar-refractivity contribution in [1.29, 1.82) is 0 Å². The molecule has 0 radical (unpaired) electrons. The highest BCUT2D eigenvalue weighted by molar-refractivity contribution is 9.10. The molecular weight excluding hydrogens is 472 g/mol. The van der Waals surface area contributed by atoms with E-state index in [-0.39, 0.29) is 0 Å². The number of hydrogen-bond donors (Lipinski definition) is 0. The number of aromatic nitrogens is 2. The first kappa shape index (κ1) is 19.9. The molecule has 3 nitrogen and oxygen atoms in total. The topological polar surface area (TPSA) is 38.9 Å². The van der Waals surface area contributed by atoms with Gasteiger partial charge in [-0.2, -0.15) is 0 Å². The zero-order valence-electron chi connectivity index (χ0n) is 17.9. The van der Waals surface area contributed by atoms with Gasteiger partial charge in [0.05, 0.1) is 11.4 Å². The smallest absolute Gasteiger partial charge is 0.160 e. The fourth-order valence-corrected chi connectivity index (χ4v) is 4.64. The summed E-state index contributed by atoms with van der Waals surface area (Å²) < 4.78 is 7.23. The van der Waals surface area contributed by atoms with Crippen LogP contribution in [-0.2, 0) is 0 Å². The van der Waals surface area contributed by atoms with E-state index < -0.39 is 0 Å². The molecule has 33 heavy (non-hydrogen) atoms. The second-order valence-corrected chi connectivity index (χ2v) is 9.04. The van der Waals surface area contributed by atoms with Gasteiger partial charge in [-0.25, -0.2) is 9.97 Å². The normalized spacial score (nSPS) is 11.3. The maximum absolute atomic E-state index is 6.22. The zero-order chi connectivity index (χ0) is 22.4. The number of hydrogen-bond acceptors (Lipinski definition) is 3. The SMILES string of the molecule is Cc1cc(-c2cc(-c3ccccc3)nc(-c3ccccc3)n2)c2c(c1)oc1ccc(Br)cc12. The predicted octanol–water partition coefficient (Wildman–Crippen LogP) is 8.45. The lowest BCUT2D eigenvalue weighted by Crippen LogP contribution is -1.96. The van der Waals surface area contributed by atoms with Gasteiger partial charge in [-0.05, 0) is 48.9 Å². The first-order valence-corrected chi connectivity index (χ1v) is 11.6. The molecular formula is C29H19BrN2O. The number of halogens is 1. The maximum Gasteiger partial charge on any atom is 0.160 e. The summed E-state index contributed by atoms with van der Waals surface area (Å²) in [5.41, 5.74) is 7.69. The van der Waals surface area contributed by atoms with Gasteiger partial charge >= 0.3 is 0 Å². The van der Waals surface area contributed by atoms with E-state index in [2.05, 4.69) is 59.3 Å². The zero-order valence-corrected chi connectivity index (χ0v) is 19.5. The standard InChI is InChI=1S/C29H19BrN2O/c1-18-14-22(28-23-16-21(30)12-13-26(23)33-27(28)15-18)25-17-24(19-8-4-2-5-9-19)31-29(32-25)20-10-6-3-7-11-20/h2-17H,1H3. The van der Waals surface area contributed by atoms with E-state index in [4.69, 9.17) is 14.4 Å². The van der Waals surface area contributed by atoms with Crippen molar-refractivity contribution < 1.29 is 4.42 Å². The Balaban J connectivity index is 1.68. The summed E-state index contributed by atoms with van der Waals surface area (Å²) in [6.07, 6.45) is 0. The minimum Gasteiger partial charge on any atom is -0.456 e. The molecule has 0 atom stereocenters. The van der Waals surface area contributed by atoms with Crippen molar-refractivity contribution >= 4 is 37.9 Å². The Hall–Kier alpha value is -3.76. The summed E-state index contributed by atoms with van der Waals surface area (Å²) in [6, 6.07) is 32.8. The second kappa shape index (κ2) is 7.98. The fourth-order valence-electron chi connectivity index (χ4n) is 4.28. The van der Waals surface area contributed by atoms with Gasteiger partial charge < -0.3 is 4.42 Å². The van der Waals surface area contributed by atoms with E-state index in [1.54, 1.807) is 0 Å². The first-order chi connectivity index (χ1) is 16.2. The third-order valence-corrected chi connectivity index (χ3v) is 6.27. The largest absolute Gasteiger partial charge is 0.456 e. The summed E-state index contributed by atoms with van der Waals surface area (Å²) in [5, 5.41) is 2.13. The summed E-state index contributed by atoms with van der Waals surface area (Å²) in [7, 11) is 0. The lowest BCUT2D eigenvalue weighted by Gasteiger charge is -2.11. The number of benzene rings is 4. The van der Waals surface area contributed by atoms with Crippen molar-refractivity contribution in [3.63, 3.8) is 0 Å². The number of furan rings is 1. The monoisotopic (exact) mass is 490 g/mol. The molecule has 0 amide bonds. The van der Waals surface area contributed by atoms with Crippen molar-refractivity contribution in [3.8, 4) is 33.9 Å². The minimum absolute atomic E-state index is 0.704. The highest BCUT2D eigenvalue weighted by atomic mass is 79.9. The second-order valence-electron chi connectivity index (χ2n) is 8.12. The maximum atomic E-state index is 6.22. The Morgan fingerprint density at radius 2 is 1.36 bits per heavy atom. The quantitative estimate of drug-likeness (QED) is 0.249. The molecule has 0 fully saturated rings. The molecule has 6 aromatic rings. The highest BCUT2D eigenvalue weighted by Gasteiger charge is 2.17. The first-order valence-electron chi connectivity index (χ1n) is 10.8. The van der Waals surface area contributed by atoms with Gasteiger partial charge in [0.15, 0.2) is 5.82 Å². The van der Waals surface area contributed by atoms with Crippen LogP contribution in [0.3, 0.4) is 0 Å². The summed E-state index contributed by atoms with van der Waals surface area (Å²) in [5.74, 6) is 0.704. The van der Waals surface area contributed by atoms with Crippen LogP contribution in [0.25, 0.3) is 55.8 Å².